The van der Waals surface area contributed by atoms with E-state index in [0.29, 0.717) is 46.6 Å². The third kappa shape index (κ3) is 3.62. The number of aromatic hydroxyl groups is 1. The van der Waals surface area contributed by atoms with Gasteiger partial charge in [0.25, 0.3) is 6.47 Å². The van der Waals surface area contributed by atoms with Crippen molar-refractivity contribution in [2.75, 3.05) is 4.90 Å². The molecule has 0 aliphatic carbocycles. The number of aromatic nitrogens is 4. The Morgan fingerprint density at radius 3 is 2.77 bits per heavy atom. The zero-order valence-corrected chi connectivity index (χ0v) is 16.5. The van der Waals surface area contributed by atoms with Gasteiger partial charge in [0.05, 0.1) is 24.5 Å². The van der Waals surface area contributed by atoms with Gasteiger partial charge in [-0.25, -0.2) is 15.0 Å². The number of aryl methyl sites for hydroxylation is 1. The van der Waals surface area contributed by atoms with E-state index in [9.17, 15) is 5.11 Å². The van der Waals surface area contributed by atoms with E-state index in [2.05, 4.69) is 19.9 Å². The van der Waals surface area contributed by atoms with Gasteiger partial charge in [0.15, 0.2) is 5.58 Å². The van der Waals surface area contributed by atoms with E-state index in [1.807, 2.05) is 24.1 Å². The number of fused-ring (bicyclic) bond motifs is 2. The summed E-state index contributed by atoms with van der Waals surface area (Å²) in [5.41, 5.74) is 5.20. The number of benzene rings is 1. The summed E-state index contributed by atoms with van der Waals surface area (Å²) in [7, 11) is 0. The van der Waals surface area contributed by atoms with E-state index in [1.54, 1.807) is 18.5 Å². The second-order valence-electron chi connectivity index (χ2n) is 6.59. The highest BCUT2D eigenvalue weighted by Crippen LogP contribution is 2.35. The molecular weight excluding hydrogens is 410 g/mol. The molecule has 0 unspecified atom stereocenters. The van der Waals surface area contributed by atoms with E-state index in [-0.39, 0.29) is 12.2 Å². The SMILES string of the molecule is Cc1cc(Cl)cc(O)c1-c1ccc2oc(N3Cc4cncnc4C3)nc2n1.O=CO. The van der Waals surface area contributed by atoms with Crippen molar-refractivity contribution < 1.29 is 19.4 Å². The number of oxazole rings is 1. The Morgan fingerprint density at radius 2 is 2.03 bits per heavy atom. The maximum atomic E-state index is 10.3. The summed E-state index contributed by atoms with van der Waals surface area (Å²) in [5, 5.41) is 17.7. The Hall–Kier alpha value is -3.72. The molecule has 30 heavy (non-hydrogen) atoms. The highest BCUT2D eigenvalue weighted by molar-refractivity contribution is 6.31. The van der Waals surface area contributed by atoms with E-state index in [0.717, 1.165) is 16.8 Å². The lowest BCUT2D eigenvalue weighted by Gasteiger charge is -2.10. The molecule has 0 fully saturated rings. The molecule has 0 spiro atoms. The average molecular weight is 426 g/mol. The number of rotatable bonds is 2. The van der Waals surface area contributed by atoms with Gasteiger partial charge < -0.3 is 19.5 Å². The first-order chi connectivity index (χ1) is 14.5. The number of hydrogen-bond donors (Lipinski definition) is 2. The summed E-state index contributed by atoms with van der Waals surface area (Å²) in [5.74, 6) is 0.0872. The smallest absolute Gasteiger partial charge is 0.300 e. The van der Waals surface area contributed by atoms with E-state index in [4.69, 9.17) is 25.9 Å². The van der Waals surface area contributed by atoms with Crippen LogP contribution in [0.2, 0.25) is 5.02 Å². The second-order valence-corrected chi connectivity index (χ2v) is 7.02. The van der Waals surface area contributed by atoms with Crippen LogP contribution >= 0.6 is 11.6 Å². The molecule has 10 heteroatoms. The molecule has 0 amide bonds. The lowest BCUT2D eigenvalue weighted by Crippen LogP contribution is -2.14. The standard InChI is InChI=1S/C19H14ClN5O2.CH2O2/c1-10-4-12(20)5-15(26)17(10)13-2-3-16-18(23-13)24-19(27-16)25-7-11-6-21-9-22-14(11)8-25;2-1-3/h2-6,9,26H,7-8H2,1H3;1H,(H,2,3). The number of phenolic OH excluding ortho intramolecular Hbond substituents is 1. The van der Waals surface area contributed by atoms with Crippen LogP contribution < -0.4 is 4.90 Å². The van der Waals surface area contributed by atoms with E-state index < -0.39 is 0 Å². The zero-order valence-electron chi connectivity index (χ0n) is 15.8. The third-order valence-corrected chi connectivity index (χ3v) is 4.85. The maximum Gasteiger partial charge on any atom is 0.300 e. The topological polar surface area (TPSA) is 125 Å². The summed E-state index contributed by atoms with van der Waals surface area (Å²) < 4.78 is 5.87. The van der Waals surface area contributed by atoms with Crippen molar-refractivity contribution in [1.82, 2.24) is 19.9 Å². The summed E-state index contributed by atoms with van der Waals surface area (Å²) in [6.07, 6.45) is 3.36. The fourth-order valence-corrected chi connectivity index (χ4v) is 3.64. The van der Waals surface area contributed by atoms with Crippen LogP contribution in [0, 0.1) is 6.92 Å². The molecule has 0 radical (unpaired) electrons. The number of carbonyl (C=O) groups is 1. The number of halogens is 1. The summed E-state index contributed by atoms with van der Waals surface area (Å²) in [6, 6.07) is 7.40. The fourth-order valence-electron chi connectivity index (χ4n) is 3.38. The van der Waals surface area contributed by atoms with Crippen LogP contribution in [0.5, 0.6) is 5.75 Å². The predicted octanol–water partition coefficient (Wildman–Crippen LogP) is 3.57. The lowest BCUT2D eigenvalue weighted by atomic mass is 10.0. The molecule has 0 atom stereocenters. The second kappa shape index (κ2) is 7.96. The van der Waals surface area contributed by atoms with E-state index >= 15 is 0 Å². The molecule has 152 valence electrons. The maximum absolute atomic E-state index is 10.3. The molecule has 1 aromatic carbocycles. The monoisotopic (exact) mass is 425 g/mol. The molecule has 4 aromatic rings. The number of anilines is 1. The molecule has 0 bridgehead atoms. The Bertz CT molecular complexity index is 1200. The summed E-state index contributed by atoms with van der Waals surface area (Å²) >= 11 is 6.00. The van der Waals surface area contributed by atoms with Crippen molar-refractivity contribution in [2.24, 2.45) is 0 Å². The van der Waals surface area contributed by atoms with Gasteiger partial charge in [0.1, 0.15) is 12.1 Å². The third-order valence-electron chi connectivity index (χ3n) is 4.63. The minimum Gasteiger partial charge on any atom is -0.507 e. The number of nitrogens with zero attached hydrogens (tertiary/aromatic N) is 5. The quantitative estimate of drug-likeness (QED) is 0.463. The van der Waals surface area contributed by atoms with Crippen LogP contribution in [-0.4, -0.2) is 36.6 Å². The molecule has 5 rings (SSSR count). The molecule has 4 heterocycles. The highest BCUT2D eigenvalue weighted by Gasteiger charge is 2.25. The zero-order chi connectivity index (χ0) is 21.3. The number of hydrogen-bond acceptors (Lipinski definition) is 8. The van der Waals surface area contributed by atoms with E-state index in [1.165, 1.54) is 6.07 Å². The van der Waals surface area contributed by atoms with Gasteiger partial charge in [-0.3, -0.25) is 4.79 Å². The van der Waals surface area contributed by atoms with Gasteiger partial charge in [-0.2, -0.15) is 4.98 Å². The van der Waals surface area contributed by atoms with Crippen molar-refractivity contribution in [3.63, 3.8) is 0 Å². The van der Waals surface area contributed by atoms with Gasteiger partial charge in [-0.15, -0.1) is 0 Å². The Labute approximate surface area is 175 Å². The number of pyridine rings is 1. The normalized spacial score (nSPS) is 12.4. The lowest BCUT2D eigenvalue weighted by molar-refractivity contribution is -0.122. The Balaban J connectivity index is 0.000000687. The van der Waals surface area contributed by atoms with Crippen LogP contribution in [0.25, 0.3) is 22.5 Å². The predicted molar refractivity (Wildman–Crippen MR) is 109 cm³/mol. The molecule has 3 aromatic heterocycles. The Kier molecular flexibility index (Phi) is 5.20. The van der Waals surface area contributed by atoms with Crippen molar-refractivity contribution in [3.8, 4) is 17.0 Å². The van der Waals surface area contributed by atoms with Crippen LogP contribution in [-0.2, 0) is 17.9 Å². The first-order valence-corrected chi connectivity index (χ1v) is 9.25. The van der Waals surface area contributed by atoms with Gasteiger partial charge in [0.2, 0.25) is 5.65 Å². The summed E-state index contributed by atoms with van der Waals surface area (Å²) in [4.78, 5) is 27.8. The van der Waals surface area contributed by atoms with Gasteiger partial charge >= 0.3 is 6.01 Å². The molecule has 9 nitrogen and oxygen atoms in total. The van der Waals surface area contributed by atoms with Crippen LogP contribution in [0.4, 0.5) is 6.01 Å². The van der Waals surface area contributed by atoms with Gasteiger partial charge in [0, 0.05) is 22.3 Å². The number of phenols is 1. The number of carboxylic acid groups (broad SMARTS) is 1. The van der Waals surface area contributed by atoms with Crippen LogP contribution in [0.1, 0.15) is 16.8 Å². The van der Waals surface area contributed by atoms with Crippen molar-refractivity contribution >= 4 is 35.3 Å². The summed E-state index contributed by atoms with van der Waals surface area (Å²) in [6.45, 7) is 2.89. The molecule has 0 saturated heterocycles. The first-order valence-electron chi connectivity index (χ1n) is 8.87. The molecule has 1 aliphatic rings. The molecular formula is C20H16ClN5O4. The molecule has 0 saturated carbocycles. The minimum atomic E-state index is -0.250. The van der Waals surface area contributed by atoms with Gasteiger partial charge in [-0.05, 0) is 36.8 Å². The fraction of sp³-hybridized carbons (Fsp3) is 0.150. The molecule has 1 aliphatic heterocycles. The largest absolute Gasteiger partial charge is 0.507 e. The van der Waals surface area contributed by atoms with Crippen molar-refractivity contribution in [3.05, 3.63) is 58.6 Å². The Morgan fingerprint density at radius 1 is 1.23 bits per heavy atom. The molecule has 2 N–H and O–H groups in total. The minimum absolute atomic E-state index is 0.0872. The van der Waals surface area contributed by atoms with Crippen LogP contribution in [0.3, 0.4) is 0 Å². The van der Waals surface area contributed by atoms with Crippen LogP contribution in [0.15, 0.2) is 41.2 Å². The van der Waals surface area contributed by atoms with Gasteiger partial charge in [-0.1, -0.05) is 11.6 Å². The average Bonchev–Trinajstić information content (AvgIpc) is 3.31. The van der Waals surface area contributed by atoms with Crippen molar-refractivity contribution in [1.29, 1.82) is 0 Å². The first kappa shape index (κ1) is 19.6. The van der Waals surface area contributed by atoms with Crippen molar-refractivity contribution in [2.45, 2.75) is 20.0 Å². The highest BCUT2D eigenvalue weighted by atomic mass is 35.5.